The van der Waals surface area contributed by atoms with Gasteiger partial charge >= 0.3 is 6.09 Å². The van der Waals surface area contributed by atoms with Crippen LogP contribution in [0.2, 0.25) is 0 Å². The lowest BCUT2D eigenvalue weighted by molar-refractivity contribution is 0.103. The lowest BCUT2D eigenvalue weighted by atomic mass is 9.99. The van der Waals surface area contributed by atoms with Crippen molar-refractivity contribution in [2.75, 3.05) is 13.1 Å². The molecule has 0 N–H and O–H groups in total. The Labute approximate surface area is 233 Å². The van der Waals surface area contributed by atoms with Crippen LogP contribution < -0.4 is 4.74 Å². The van der Waals surface area contributed by atoms with Gasteiger partial charge in [0, 0.05) is 53.4 Å². The Morgan fingerprint density at radius 3 is 2.27 bits per heavy atom. The third-order valence-corrected chi connectivity index (χ3v) is 7.01. The zero-order valence-corrected chi connectivity index (χ0v) is 22.5. The van der Waals surface area contributed by atoms with Gasteiger partial charge in [0.25, 0.3) is 0 Å². The van der Waals surface area contributed by atoms with Gasteiger partial charge in [-0.25, -0.2) is 4.79 Å². The van der Waals surface area contributed by atoms with Gasteiger partial charge in [-0.2, -0.15) is 5.26 Å². The molecule has 6 heteroatoms. The molecule has 0 bridgehead atoms. The number of hydrogen-bond donors (Lipinski definition) is 0. The van der Waals surface area contributed by atoms with Crippen LogP contribution in [0, 0.1) is 11.3 Å². The molecule has 0 aliphatic rings. The molecule has 5 aromatic rings. The van der Waals surface area contributed by atoms with E-state index in [0.29, 0.717) is 42.1 Å². The highest BCUT2D eigenvalue weighted by atomic mass is 16.6. The summed E-state index contributed by atoms with van der Waals surface area (Å²) in [6.45, 7) is 5.48. The van der Waals surface area contributed by atoms with E-state index in [4.69, 9.17) is 4.74 Å². The fourth-order valence-corrected chi connectivity index (χ4v) is 4.89. The smallest absolute Gasteiger partial charge is 0.410 e. The number of carbonyl (C=O) groups excluding carboxylic acids is 2. The summed E-state index contributed by atoms with van der Waals surface area (Å²) >= 11 is 0. The molecule has 0 spiro atoms. The number of nitrogens with zero attached hydrogens (tertiary/aromatic N) is 3. The van der Waals surface area contributed by atoms with Crippen LogP contribution in [0.4, 0.5) is 4.79 Å². The summed E-state index contributed by atoms with van der Waals surface area (Å²) in [5.74, 6) is 0.449. The largest absolute Gasteiger partial charge is 0.415 e. The number of nitriles is 1. The van der Waals surface area contributed by atoms with Crippen molar-refractivity contribution in [1.29, 1.82) is 5.26 Å². The van der Waals surface area contributed by atoms with Gasteiger partial charge in [0.05, 0.1) is 11.6 Å². The van der Waals surface area contributed by atoms with Gasteiger partial charge in [0.2, 0.25) is 0 Å². The molecule has 0 unspecified atom stereocenters. The van der Waals surface area contributed by atoms with Crippen molar-refractivity contribution in [3.05, 3.63) is 126 Å². The van der Waals surface area contributed by atoms with Crippen molar-refractivity contribution in [2.24, 2.45) is 0 Å². The zero-order chi connectivity index (χ0) is 28.1. The van der Waals surface area contributed by atoms with E-state index in [1.54, 1.807) is 17.0 Å². The lowest BCUT2D eigenvalue weighted by Crippen LogP contribution is -2.33. The molecule has 1 heterocycles. The van der Waals surface area contributed by atoms with Crippen LogP contribution in [-0.4, -0.2) is 34.4 Å². The zero-order valence-electron chi connectivity index (χ0n) is 22.5. The quantitative estimate of drug-likeness (QED) is 0.198. The van der Waals surface area contributed by atoms with Gasteiger partial charge < -0.3 is 14.2 Å². The molecule has 5 rings (SSSR count). The summed E-state index contributed by atoms with van der Waals surface area (Å²) in [7, 11) is 0. The molecule has 4 aromatic carbocycles. The SMILES string of the molecule is CCN(CC)C(=O)Oc1ccc2c(ccn2Cc2cccc(C(=O)c3ccccc3)c2)c1-c1ccc(C#N)cc1. The summed E-state index contributed by atoms with van der Waals surface area (Å²) in [4.78, 5) is 27.5. The van der Waals surface area contributed by atoms with Crippen LogP contribution in [0.1, 0.15) is 40.9 Å². The van der Waals surface area contributed by atoms with Crippen molar-refractivity contribution in [3.63, 3.8) is 0 Å². The lowest BCUT2D eigenvalue weighted by Gasteiger charge is -2.20. The Balaban J connectivity index is 1.53. The second kappa shape index (κ2) is 11.7. The van der Waals surface area contributed by atoms with E-state index < -0.39 is 6.09 Å². The van der Waals surface area contributed by atoms with Gasteiger partial charge in [-0.1, -0.05) is 60.7 Å². The molecule has 0 saturated carbocycles. The molecule has 6 nitrogen and oxygen atoms in total. The summed E-state index contributed by atoms with van der Waals surface area (Å²) in [5.41, 5.74) is 5.45. The summed E-state index contributed by atoms with van der Waals surface area (Å²) in [6.07, 6.45) is 1.60. The minimum atomic E-state index is -0.404. The molecule has 0 fully saturated rings. The first kappa shape index (κ1) is 26.5. The number of fused-ring (bicyclic) bond motifs is 1. The molecule has 1 amide bonds. The molecular formula is C34H29N3O3. The minimum absolute atomic E-state index is 0.0115. The second-order valence-corrected chi connectivity index (χ2v) is 9.44. The van der Waals surface area contributed by atoms with Crippen LogP contribution in [0.25, 0.3) is 22.0 Å². The van der Waals surface area contributed by atoms with Crippen molar-refractivity contribution in [3.8, 4) is 22.9 Å². The number of rotatable bonds is 8. The van der Waals surface area contributed by atoms with Gasteiger partial charge in [-0.15, -0.1) is 0 Å². The summed E-state index contributed by atoms with van der Waals surface area (Å²) in [6, 6.07) is 32.2. The number of ketones is 1. The fraction of sp³-hybridized carbons (Fsp3) is 0.147. The van der Waals surface area contributed by atoms with E-state index in [0.717, 1.165) is 27.6 Å². The van der Waals surface area contributed by atoms with Crippen molar-refractivity contribution < 1.29 is 14.3 Å². The van der Waals surface area contributed by atoms with E-state index in [9.17, 15) is 14.9 Å². The minimum Gasteiger partial charge on any atom is -0.410 e. The maximum Gasteiger partial charge on any atom is 0.415 e. The van der Waals surface area contributed by atoms with E-state index in [1.165, 1.54) is 0 Å². The Morgan fingerprint density at radius 2 is 1.57 bits per heavy atom. The highest BCUT2D eigenvalue weighted by Gasteiger charge is 2.19. The Kier molecular flexibility index (Phi) is 7.75. The highest BCUT2D eigenvalue weighted by molar-refractivity contribution is 6.09. The Morgan fingerprint density at radius 1 is 0.850 bits per heavy atom. The molecule has 0 radical (unpaired) electrons. The first-order valence-corrected chi connectivity index (χ1v) is 13.3. The van der Waals surface area contributed by atoms with Crippen LogP contribution in [0.3, 0.4) is 0 Å². The number of aromatic nitrogens is 1. The standard InChI is InChI=1S/C34H29N3O3/c1-3-36(4-2)34(39)40-31-18-17-30-29(32(31)26-15-13-24(22-35)14-16-26)19-20-37(30)23-25-9-8-12-28(21-25)33(38)27-10-6-5-7-11-27/h5-21H,3-4,23H2,1-2H3. The average Bonchev–Trinajstić information content (AvgIpc) is 3.40. The van der Waals surface area contributed by atoms with Crippen molar-refractivity contribution >= 4 is 22.8 Å². The summed E-state index contributed by atoms with van der Waals surface area (Å²) in [5, 5.41) is 10.2. The van der Waals surface area contributed by atoms with E-state index >= 15 is 0 Å². The maximum atomic E-state index is 13.0. The maximum absolute atomic E-state index is 13.0. The monoisotopic (exact) mass is 527 g/mol. The van der Waals surface area contributed by atoms with Gasteiger partial charge in [-0.05, 0) is 61.4 Å². The topological polar surface area (TPSA) is 75.3 Å². The Bertz CT molecular complexity index is 1710. The number of hydrogen-bond acceptors (Lipinski definition) is 4. The number of benzene rings is 4. The third kappa shape index (κ3) is 5.36. The van der Waals surface area contributed by atoms with Gasteiger partial charge in [0.1, 0.15) is 5.75 Å². The van der Waals surface area contributed by atoms with E-state index in [1.807, 2.05) is 105 Å². The first-order chi connectivity index (χ1) is 19.5. The fourth-order valence-electron chi connectivity index (χ4n) is 4.89. The van der Waals surface area contributed by atoms with E-state index in [2.05, 4.69) is 10.6 Å². The molecule has 1 aromatic heterocycles. The molecular weight excluding hydrogens is 498 g/mol. The molecule has 198 valence electrons. The third-order valence-electron chi connectivity index (χ3n) is 7.01. The van der Waals surface area contributed by atoms with Crippen LogP contribution >= 0.6 is 0 Å². The number of amides is 1. The molecule has 0 aliphatic carbocycles. The van der Waals surface area contributed by atoms with Gasteiger partial charge in [-0.3, -0.25) is 4.79 Å². The molecule has 0 aliphatic heterocycles. The van der Waals surface area contributed by atoms with Crippen molar-refractivity contribution in [2.45, 2.75) is 20.4 Å². The normalized spacial score (nSPS) is 10.7. The van der Waals surface area contributed by atoms with E-state index in [-0.39, 0.29) is 5.78 Å². The predicted molar refractivity (Wildman–Crippen MR) is 156 cm³/mol. The van der Waals surface area contributed by atoms with Gasteiger partial charge in [0.15, 0.2) is 5.78 Å². The molecule has 40 heavy (non-hydrogen) atoms. The highest BCUT2D eigenvalue weighted by Crippen LogP contribution is 2.38. The molecule has 0 saturated heterocycles. The van der Waals surface area contributed by atoms with Crippen LogP contribution in [0.15, 0.2) is 103 Å². The van der Waals surface area contributed by atoms with Crippen molar-refractivity contribution in [1.82, 2.24) is 9.47 Å². The van der Waals surface area contributed by atoms with Crippen LogP contribution in [0.5, 0.6) is 5.75 Å². The van der Waals surface area contributed by atoms with Crippen LogP contribution in [-0.2, 0) is 6.54 Å². The Hall–Kier alpha value is -5.15. The first-order valence-electron chi connectivity index (χ1n) is 13.3. The molecule has 0 atom stereocenters. The predicted octanol–water partition coefficient (Wildman–Crippen LogP) is 7.30. The second-order valence-electron chi connectivity index (χ2n) is 9.44. The average molecular weight is 528 g/mol. The number of carbonyl (C=O) groups is 2. The number of ether oxygens (including phenoxy) is 1. The summed E-state index contributed by atoms with van der Waals surface area (Å²) < 4.78 is 8.01.